The summed E-state index contributed by atoms with van der Waals surface area (Å²) in [5, 5.41) is 9.78. The Morgan fingerprint density at radius 3 is 3.08 bits per heavy atom. The Bertz CT molecular complexity index is 724. The average Bonchev–Trinajstić information content (AvgIpc) is 3.27. The quantitative estimate of drug-likeness (QED) is 0.726. The topological polar surface area (TPSA) is 117 Å². The van der Waals surface area contributed by atoms with E-state index in [0.29, 0.717) is 6.54 Å². The smallest absolute Gasteiger partial charge is 0.269 e. The lowest BCUT2D eigenvalue weighted by Gasteiger charge is -2.31. The molecule has 0 aromatic carbocycles. The van der Waals surface area contributed by atoms with E-state index in [1.165, 1.54) is 0 Å². The molecule has 1 aliphatic heterocycles. The molecule has 0 aliphatic carbocycles. The molecule has 1 fully saturated rings. The molecule has 2 amide bonds. The molecule has 134 valence electrons. The standard InChI is InChI=1S/C17H23N5O3/c1-11(15-5-3-7-25-15)19-16(23)10-22-6-2-4-12(9-22)13-8-14(17(18)24)21-20-13/h3,5,7-8,11-12H,2,4,6,9-10H2,1H3,(H2,18,24)(H,19,23)(H,20,21)/t11-,12+/m1/s1. The maximum absolute atomic E-state index is 12.3. The Hall–Kier alpha value is -2.61. The number of piperidine rings is 1. The zero-order valence-electron chi connectivity index (χ0n) is 14.2. The van der Waals surface area contributed by atoms with Crippen molar-refractivity contribution < 1.29 is 14.0 Å². The van der Waals surface area contributed by atoms with E-state index in [0.717, 1.165) is 37.4 Å². The molecule has 4 N–H and O–H groups in total. The fraction of sp³-hybridized carbons (Fsp3) is 0.471. The monoisotopic (exact) mass is 345 g/mol. The van der Waals surface area contributed by atoms with Gasteiger partial charge >= 0.3 is 0 Å². The Kier molecular flexibility index (Phi) is 5.18. The molecule has 1 aliphatic rings. The third-order valence-electron chi connectivity index (χ3n) is 4.51. The van der Waals surface area contributed by atoms with Crippen LogP contribution in [0.2, 0.25) is 0 Å². The van der Waals surface area contributed by atoms with Gasteiger partial charge in [-0.25, -0.2) is 0 Å². The number of aromatic nitrogens is 2. The maximum atomic E-state index is 12.3. The fourth-order valence-electron chi connectivity index (χ4n) is 3.22. The number of amides is 2. The summed E-state index contributed by atoms with van der Waals surface area (Å²) in [7, 11) is 0. The van der Waals surface area contributed by atoms with Crippen molar-refractivity contribution in [3.63, 3.8) is 0 Å². The Morgan fingerprint density at radius 2 is 2.40 bits per heavy atom. The molecule has 2 atom stereocenters. The van der Waals surface area contributed by atoms with Crippen LogP contribution >= 0.6 is 0 Å². The van der Waals surface area contributed by atoms with Crippen molar-refractivity contribution >= 4 is 11.8 Å². The van der Waals surface area contributed by atoms with Gasteiger partial charge in [0.15, 0.2) is 0 Å². The van der Waals surface area contributed by atoms with Gasteiger partial charge in [0.05, 0.1) is 18.8 Å². The first-order valence-electron chi connectivity index (χ1n) is 8.43. The number of nitrogens with two attached hydrogens (primary N) is 1. The largest absolute Gasteiger partial charge is 0.467 e. The predicted molar refractivity (Wildman–Crippen MR) is 90.8 cm³/mol. The van der Waals surface area contributed by atoms with Gasteiger partial charge in [0.2, 0.25) is 5.91 Å². The summed E-state index contributed by atoms with van der Waals surface area (Å²) in [6.45, 7) is 3.84. The second-order valence-corrected chi connectivity index (χ2v) is 6.45. The van der Waals surface area contributed by atoms with Crippen LogP contribution in [0.25, 0.3) is 0 Å². The molecule has 3 heterocycles. The van der Waals surface area contributed by atoms with Crippen molar-refractivity contribution in [3.8, 4) is 0 Å². The van der Waals surface area contributed by atoms with E-state index < -0.39 is 5.91 Å². The van der Waals surface area contributed by atoms with Gasteiger partial charge in [-0.15, -0.1) is 0 Å². The molecule has 2 aromatic heterocycles. The van der Waals surface area contributed by atoms with E-state index >= 15 is 0 Å². The molecule has 8 nitrogen and oxygen atoms in total. The van der Waals surface area contributed by atoms with Gasteiger partial charge < -0.3 is 15.5 Å². The van der Waals surface area contributed by atoms with Crippen LogP contribution in [0.5, 0.6) is 0 Å². The number of primary amides is 1. The second-order valence-electron chi connectivity index (χ2n) is 6.45. The van der Waals surface area contributed by atoms with Crippen molar-refractivity contribution in [2.45, 2.75) is 31.7 Å². The van der Waals surface area contributed by atoms with Gasteiger partial charge in [0.25, 0.3) is 5.91 Å². The summed E-state index contributed by atoms with van der Waals surface area (Å²) in [4.78, 5) is 25.6. The van der Waals surface area contributed by atoms with E-state index in [9.17, 15) is 9.59 Å². The molecular formula is C17H23N5O3. The molecule has 0 bridgehead atoms. The molecule has 2 aromatic rings. The molecule has 0 saturated carbocycles. The van der Waals surface area contributed by atoms with Gasteiger partial charge in [-0.1, -0.05) is 0 Å². The highest BCUT2D eigenvalue weighted by atomic mass is 16.3. The number of hydrogen-bond donors (Lipinski definition) is 3. The number of aromatic amines is 1. The first-order chi connectivity index (χ1) is 12.0. The Labute approximate surface area is 145 Å². The summed E-state index contributed by atoms with van der Waals surface area (Å²) >= 11 is 0. The van der Waals surface area contributed by atoms with E-state index in [2.05, 4.69) is 20.4 Å². The van der Waals surface area contributed by atoms with Crippen molar-refractivity contribution in [2.75, 3.05) is 19.6 Å². The minimum absolute atomic E-state index is 0.0352. The number of nitrogens with zero attached hydrogens (tertiary/aromatic N) is 2. The highest BCUT2D eigenvalue weighted by Crippen LogP contribution is 2.25. The van der Waals surface area contributed by atoms with Crippen LogP contribution in [-0.2, 0) is 4.79 Å². The Balaban J connectivity index is 1.54. The Morgan fingerprint density at radius 1 is 1.56 bits per heavy atom. The van der Waals surface area contributed by atoms with Crippen LogP contribution in [0.15, 0.2) is 28.9 Å². The SMILES string of the molecule is C[C@@H](NC(=O)CN1CCC[C@H](c2cc(C(N)=O)n[nH]2)C1)c1ccco1. The average molecular weight is 345 g/mol. The molecule has 3 rings (SSSR count). The van der Waals surface area contributed by atoms with Crippen LogP contribution in [0, 0.1) is 0 Å². The number of carbonyl (C=O) groups is 2. The zero-order chi connectivity index (χ0) is 17.8. The third-order valence-corrected chi connectivity index (χ3v) is 4.51. The van der Waals surface area contributed by atoms with Gasteiger partial charge in [-0.2, -0.15) is 5.10 Å². The van der Waals surface area contributed by atoms with E-state index in [1.54, 1.807) is 18.4 Å². The normalized spacial score (nSPS) is 19.5. The minimum atomic E-state index is -0.540. The fourth-order valence-corrected chi connectivity index (χ4v) is 3.22. The molecule has 0 radical (unpaired) electrons. The van der Waals surface area contributed by atoms with Crippen LogP contribution in [0.1, 0.15) is 53.7 Å². The summed E-state index contributed by atoms with van der Waals surface area (Å²) in [5.41, 5.74) is 6.38. The molecule has 0 unspecified atom stereocenters. The summed E-state index contributed by atoms with van der Waals surface area (Å²) < 4.78 is 5.31. The molecular weight excluding hydrogens is 322 g/mol. The lowest BCUT2D eigenvalue weighted by molar-refractivity contribution is -0.123. The van der Waals surface area contributed by atoms with Gasteiger partial charge in [-0.3, -0.25) is 19.6 Å². The van der Waals surface area contributed by atoms with Crippen LogP contribution < -0.4 is 11.1 Å². The summed E-state index contributed by atoms with van der Waals surface area (Å²) in [5.74, 6) is 0.374. The maximum Gasteiger partial charge on any atom is 0.269 e. The molecule has 8 heteroatoms. The predicted octanol–water partition coefficient (Wildman–Crippen LogP) is 1.16. The second kappa shape index (κ2) is 7.52. The first-order valence-corrected chi connectivity index (χ1v) is 8.43. The van der Waals surface area contributed by atoms with E-state index in [-0.39, 0.29) is 23.6 Å². The molecule has 25 heavy (non-hydrogen) atoms. The van der Waals surface area contributed by atoms with Crippen molar-refractivity contribution in [1.29, 1.82) is 0 Å². The van der Waals surface area contributed by atoms with Gasteiger partial charge in [0.1, 0.15) is 11.5 Å². The number of hydrogen-bond acceptors (Lipinski definition) is 5. The third kappa shape index (κ3) is 4.27. The van der Waals surface area contributed by atoms with Crippen LogP contribution in [-0.4, -0.2) is 46.5 Å². The lowest BCUT2D eigenvalue weighted by atomic mass is 9.94. The molecule has 0 spiro atoms. The van der Waals surface area contributed by atoms with Gasteiger partial charge in [0, 0.05) is 18.2 Å². The van der Waals surface area contributed by atoms with E-state index in [4.69, 9.17) is 10.2 Å². The summed E-state index contributed by atoms with van der Waals surface area (Å²) in [6.07, 6.45) is 3.57. The lowest BCUT2D eigenvalue weighted by Crippen LogP contribution is -2.42. The number of carbonyl (C=O) groups excluding carboxylic acids is 2. The number of H-pyrrole nitrogens is 1. The summed E-state index contributed by atoms with van der Waals surface area (Å²) in [6, 6.07) is 5.19. The van der Waals surface area contributed by atoms with Gasteiger partial charge in [-0.05, 0) is 44.5 Å². The first kappa shape index (κ1) is 17.2. The van der Waals surface area contributed by atoms with Crippen LogP contribution in [0.3, 0.4) is 0 Å². The van der Waals surface area contributed by atoms with Crippen molar-refractivity contribution in [1.82, 2.24) is 20.4 Å². The number of likely N-dealkylation sites (tertiary alicyclic amines) is 1. The highest BCUT2D eigenvalue weighted by Gasteiger charge is 2.25. The minimum Gasteiger partial charge on any atom is -0.467 e. The number of nitrogens with one attached hydrogen (secondary N) is 2. The van der Waals surface area contributed by atoms with Crippen molar-refractivity contribution in [2.24, 2.45) is 5.73 Å². The van der Waals surface area contributed by atoms with Crippen LogP contribution in [0.4, 0.5) is 0 Å². The number of furan rings is 1. The van der Waals surface area contributed by atoms with E-state index in [1.807, 2.05) is 13.0 Å². The highest BCUT2D eigenvalue weighted by molar-refractivity contribution is 5.90. The molecule has 1 saturated heterocycles. The zero-order valence-corrected chi connectivity index (χ0v) is 14.2. The van der Waals surface area contributed by atoms with Crippen molar-refractivity contribution in [3.05, 3.63) is 41.6 Å². The number of rotatable bonds is 6.